The lowest BCUT2D eigenvalue weighted by atomic mass is 9.84. The van der Waals surface area contributed by atoms with Gasteiger partial charge in [0.05, 0.1) is 22.5 Å². The first-order valence-electron chi connectivity index (χ1n) is 7.09. The Hall–Kier alpha value is -1.88. The number of imidazole rings is 1. The summed E-state index contributed by atoms with van der Waals surface area (Å²) < 4.78 is 0. The lowest BCUT2D eigenvalue weighted by Gasteiger charge is -2.26. The molecule has 1 aromatic heterocycles. The molecule has 0 radical (unpaired) electrons. The molecule has 0 aliphatic rings. The highest BCUT2D eigenvalue weighted by Crippen LogP contribution is 2.31. The maximum absolute atomic E-state index is 11.5. The van der Waals surface area contributed by atoms with E-state index in [1.165, 1.54) is 5.56 Å². The average molecular weight is 288 g/mol. The SMILES string of the molecule is CC(C)(C)c1ccc2[nH]c([C@@H](N)C(C)(C)C(N)=O)nc2c1. The Labute approximate surface area is 125 Å². The summed E-state index contributed by atoms with van der Waals surface area (Å²) in [5, 5.41) is 0. The second kappa shape index (κ2) is 4.84. The van der Waals surface area contributed by atoms with Crippen molar-refractivity contribution in [3.8, 4) is 0 Å². The molecule has 0 saturated heterocycles. The first-order valence-corrected chi connectivity index (χ1v) is 7.09. The molecule has 21 heavy (non-hydrogen) atoms. The fourth-order valence-electron chi connectivity index (χ4n) is 2.13. The van der Waals surface area contributed by atoms with Gasteiger partial charge >= 0.3 is 0 Å². The van der Waals surface area contributed by atoms with Gasteiger partial charge in [-0.2, -0.15) is 0 Å². The second-order valence-corrected chi connectivity index (χ2v) is 7.17. The molecule has 1 atom stereocenters. The van der Waals surface area contributed by atoms with Gasteiger partial charge in [-0.05, 0) is 37.0 Å². The van der Waals surface area contributed by atoms with Crippen molar-refractivity contribution >= 4 is 16.9 Å². The van der Waals surface area contributed by atoms with Crippen LogP contribution in [-0.4, -0.2) is 15.9 Å². The zero-order valence-corrected chi connectivity index (χ0v) is 13.3. The molecule has 0 unspecified atom stereocenters. The Morgan fingerprint density at radius 3 is 2.38 bits per heavy atom. The zero-order valence-electron chi connectivity index (χ0n) is 13.3. The first-order chi connectivity index (χ1) is 9.53. The van der Waals surface area contributed by atoms with Crippen LogP contribution < -0.4 is 11.5 Å². The van der Waals surface area contributed by atoms with Gasteiger partial charge in [0.2, 0.25) is 5.91 Å². The van der Waals surface area contributed by atoms with E-state index in [2.05, 4.69) is 42.9 Å². The summed E-state index contributed by atoms with van der Waals surface area (Å²) in [7, 11) is 0. The van der Waals surface area contributed by atoms with Gasteiger partial charge in [-0.25, -0.2) is 4.98 Å². The summed E-state index contributed by atoms with van der Waals surface area (Å²) in [6.07, 6.45) is 0. The molecule has 5 N–H and O–H groups in total. The van der Waals surface area contributed by atoms with Crippen LogP contribution in [-0.2, 0) is 10.2 Å². The predicted octanol–water partition coefficient (Wildman–Crippen LogP) is 2.37. The Morgan fingerprint density at radius 2 is 1.86 bits per heavy atom. The van der Waals surface area contributed by atoms with Gasteiger partial charge in [-0.15, -0.1) is 0 Å². The van der Waals surface area contributed by atoms with Crippen LogP contribution in [0.25, 0.3) is 11.0 Å². The van der Waals surface area contributed by atoms with E-state index in [1.807, 2.05) is 6.07 Å². The monoisotopic (exact) mass is 288 g/mol. The van der Waals surface area contributed by atoms with E-state index in [4.69, 9.17) is 11.5 Å². The molecule has 0 spiro atoms. The molecule has 1 aromatic carbocycles. The van der Waals surface area contributed by atoms with E-state index in [-0.39, 0.29) is 5.41 Å². The van der Waals surface area contributed by atoms with Crippen LogP contribution in [0.4, 0.5) is 0 Å². The number of amides is 1. The van der Waals surface area contributed by atoms with E-state index in [9.17, 15) is 4.79 Å². The van der Waals surface area contributed by atoms with E-state index < -0.39 is 17.4 Å². The van der Waals surface area contributed by atoms with Crippen LogP contribution in [0.5, 0.6) is 0 Å². The number of H-pyrrole nitrogens is 1. The van der Waals surface area contributed by atoms with Crippen molar-refractivity contribution in [2.45, 2.75) is 46.1 Å². The van der Waals surface area contributed by atoms with E-state index in [0.29, 0.717) is 5.82 Å². The normalized spacial score (nSPS) is 14.4. The Morgan fingerprint density at radius 1 is 1.24 bits per heavy atom. The highest BCUT2D eigenvalue weighted by Gasteiger charge is 2.35. The largest absolute Gasteiger partial charge is 0.369 e. The standard InChI is InChI=1S/C16H24N4O/c1-15(2,3)9-6-7-10-11(8-9)20-13(19-10)12(17)16(4,5)14(18)21/h6-8,12H,17H2,1-5H3,(H2,18,21)(H,19,20)/t12-/m1/s1. The number of primary amides is 1. The number of hydrogen-bond acceptors (Lipinski definition) is 3. The number of rotatable bonds is 3. The van der Waals surface area contributed by atoms with Gasteiger partial charge in [-0.1, -0.05) is 26.8 Å². The third-order valence-electron chi connectivity index (χ3n) is 4.07. The van der Waals surface area contributed by atoms with Crippen LogP contribution in [0, 0.1) is 5.41 Å². The van der Waals surface area contributed by atoms with Gasteiger partial charge in [0.15, 0.2) is 0 Å². The molecule has 1 heterocycles. The number of carbonyl (C=O) groups excluding carboxylic acids is 1. The lowest BCUT2D eigenvalue weighted by molar-refractivity contribution is -0.127. The number of carbonyl (C=O) groups is 1. The molecule has 0 aliphatic carbocycles. The second-order valence-electron chi connectivity index (χ2n) is 7.17. The van der Waals surface area contributed by atoms with Crippen LogP contribution >= 0.6 is 0 Å². The number of hydrogen-bond donors (Lipinski definition) is 3. The molecular weight excluding hydrogens is 264 g/mol. The molecule has 0 bridgehead atoms. The summed E-state index contributed by atoms with van der Waals surface area (Å²) in [6.45, 7) is 9.93. The molecule has 2 rings (SSSR count). The third-order valence-corrected chi connectivity index (χ3v) is 4.07. The van der Waals surface area contributed by atoms with Crippen molar-refractivity contribution < 1.29 is 4.79 Å². The van der Waals surface area contributed by atoms with Gasteiger partial charge < -0.3 is 16.5 Å². The summed E-state index contributed by atoms with van der Waals surface area (Å²) in [6, 6.07) is 5.56. The molecule has 0 fully saturated rings. The van der Waals surface area contributed by atoms with Crippen LogP contribution in [0.3, 0.4) is 0 Å². The van der Waals surface area contributed by atoms with Crippen LogP contribution in [0.15, 0.2) is 18.2 Å². The number of fused-ring (bicyclic) bond motifs is 1. The number of aromatic nitrogens is 2. The molecule has 0 saturated carbocycles. The minimum absolute atomic E-state index is 0.0575. The predicted molar refractivity (Wildman–Crippen MR) is 84.7 cm³/mol. The molecule has 0 aliphatic heterocycles. The molecule has 5 heteroatoms. The minimum atomic E-state index is -0.860. The number of aromatic amines is 1. The zero-order chi connectivity index (χ0) is 16.0. The number of nitrogens with zero attached hydrogens (tertiary/aromatic N) is 1. The minimum Gasteiger partial charge on any atom is -0.369 e. The van der Waals surface area contributed by atoms with Gasteiger partial charge in [-0.3, -0.25) is 4.79 Å². The molecule has 2 aromatic rings. The quantitative estimate of drug-likeness (QED) is 0.808. The maximum Gasteiger partial charge on any atom is 0.225 e. The molecular formula is C16H24N4O. The summed E-state index contributed by atoms with van der Waals surface area (Å²) in [5.74, 6) is 0.144. The van der Waals surface area contributed by atoms with Crippen molar-refractivity contribution in [2.24, 2.45) is 16.9 Å². The topological polar surface area (TPSA) is 97.8 Å². The Bertz CT molecular complexity index is 679. The molecule has 5 nitrogen and oxygen atoms in total. The fourth-order valence-corrected chi connectivity index (χ4v) is 2.13. The van der Waals surface area contributed by atoms with Crippen molar-refractivity contribution in [1.29, 1.82) is 0 Å². The molecule has 1 amide bonds. The highest BCUT2D eigenvalue weighted by molar-refractivity contribution is 5.81. The van der Waals surface area contributed by atoms with Crippen molar-refractivity contribution in [3.05, 3.63) is 29.6 Å². The number of benzene rings is 1. The van der Waals surface area contributed by atoms with Crippen molar-refractivity contribution in [3.63, 3.8) is 0 Å². The van der Waals surface area contributed by atoms with E-state index >= 15 is 0 Å². The Balaban J connectivity index is 2.46. The lowest BCUT2D eigenvalue weighted by Crippen LogP contribution is -2.41. The Kier molecular flexibility index (Phi) is 3.58. The summed E-state index contributed by atoms with van der Waals surface area (Å²) >= 11 is 0. The summed E-state index contributed by atoms with van der Waals surface area (Å²) in [5.41, 5.74) is 13.8. The van der Waals surface area contributed by atoms with E-state index in [1.54, 1.807) is 13.8 Å². The highest BCUT2D eigenvalue weighted by atomic mass is 16.1. The van der Waals surface area contributed by atoms with Gasteiger partial charge in [0, 0.05) is 0 Å². The average Bonchev–Trinajstić information content (AvgIpc) is 2.78. The first kappa shape index (κ1) is 15.5. The number of nitrogens with one attached hydrogen (secondary N) is 1. The summed E-state index contributed by atoms with van der Waals surface area (Å²) in [4.78, 5) is 19.3. The van der Waals surface area contributed by atoms with Crippen LogP contribution in [0.2, 0.25) is 0 Å². The molecule has 114 valence electrons. The van der Waals surface area contributed by atoms with E-state index in [0.717, 1.165) is 11.0 Å². The van der Waals surface area contributed by atoms with Crippen LogP contribution in [0.1, 0.15) is 52.0 Å². The van der Waals surface area contributed by atoms with Gasteiger partial charge in [0.25, 0.3) is 0 Å². The maximum atomic E-state index is 11.5. The van der Waals surface area contributed by atoms with Crippen molar-refractivity contribution in [2.75, 3.05) is 0 Å². The van der Waals surface area contributed by atoms with Crippen molar-refractivity contribution in [1.82, 2.24) is 9.97 Å². The van der Waals surface area contributed by atoms with Gasteiger partial charge in [0.1, 0.15) is 5.82 Å². The fraction of sp³-hybridized carbons (Fsp3) is 0.500. The third kappa shape index (κ3) is 2.78. The number of nitrogens with two attached hydrogens (primary N) is 2. The smallest absolute Gasteiger partial charge is 0.225 e.